The minimum absolute atomic E-state index is 0.0104. The number of benzene rings is 1. The second-order valence-corrected chi connectivity index (χ2v) is 9.19. The lowest BCUT2D eigenvalue weighted by molar-refractivity contribution is 0.528. The van der Waals surface area contributed by atoms with Crippen molar-refractivity contribution >= 4 is 38.6 Å². The summed E-state index contributed by atoms with van der Waals surface area (Å²) in [7, 11) is 1.19. The van der Waals surface area contributed by atoms with Crippen LogP contribution < -0.4 is 20.3 Å². The lowest BCUT2D eigenvalue weighted by Crippen LogP contribution is -2.31. The van der Waals surface area contributed by atoms with Crippen molar-refractivity contribution in [3.05, 3.63) is 34.9 Å². The zero-order valence-electron chi connectivity index (χ0n) is 17.1. The fourth-order valence-corrected chi connectivity index (χ4v) is 4.57. The van der Waals surface area contributed by atoms with Gasteiger partial charge in [-0.1, -0.05) is 0 Å². The summed E-state index contributed by atoms with van der Waals surface area (Å²) in [5.41, 5.74) is 0.999. The Morgan fingerprint density at radius 2 is 1.90 bits per heavy atom. The lowest BCUT2D eigenvalue weighted by Gasteiger charge is -2.28. The fourth-order valence-electron chi connectivity index (χ4n) is 3.50. The van der Waals surface area contributed by atoms with E-state index < -0.39 is 15.8 Å². The molecule has 1 saturated heterocycles. The van der Waals surface area contributed by atoms with Gasteiger partial charge < -0.3 is 14.2 Å². The SMILES string of the molecule is CN(C)c1nc(N2CCCCC2)ncc1NS(=O)(=O)c1ccc2oc(=O)n(C)c2c1. The lowest BCUT2D eigenvalue weighted by atomic mass is 10.1. The number of fused-ring (bicyclic) bond motifs is 1. The second-order valence-electron chi connectivity index (χ2n) is 7.51. The number of nitrogens with one attached hydrogen (secondary N) is 1. The molecule has 4 rings (SSSR count). The molecule has 0 saturated carbocycles. The van der Waals surface area contributed by atoms with E-state index in [9.17, 15) is 13.2 Å². The molecule has 3 aromatic rings. The molecule has 10 nitrogen and oxygen atoms in total. The number of aryl methyl sites for hydroxylation is 1. The third kappa shape index (κ3) is 3.72. The van der Waals surface area contributed by atoms with Crippen LogP contribution in [-0.4, -0.2) is 50.1 Å². The monoisotopic (exact) mass is 432 g/mol. The molecule has 3 heterocycles. The van der Waals surface area contributed by atoms with Crippen LogP contribution in [-0.2, 0) is 17.1 Å². The quantitative estimate of drug-likeness (QED) is 0.649. The van der Waals surface area contributed by atoms with Crippen LogP contribution in [0.25, 0.3) is 11.1 Å². The number of rotatable bonds is 5. The average Bonchev–Trinajstić information content (AvgIpc) is 3.02. The highest BCUT2D eigenvalue weighted by molar-refractivity contribution is 7.92. The summed E-state index contributed by atoms with van der Waals surface area (Å²) in [6.45, 7) is 1.78. The first-order chi connectivity index (χ1) is 14.3. The number of hydrogen-bond donors (Lipinski definition) is 1. The maximum absolute atomic E-state index is 13.0. The molecule has 0 aliphatic carbocycles. The number of hydrogen-bond acceptors (Lipinski definition) is 8. The molecule has 1 aromatic carbocycles. The number of nitrogens with zero attached hydrogens (tertiary/aromatic N) is 5. The van der Waals surface area contributed by atoms with Crippen LogP contribution in [0.2, 0.25) is 0 Å². The summed E-state index contributed by atoms with van der Waals surface area (Å²) in [5.74, 6) is 0.520. The van der Waals surface area contributed by atoms with Gasteiger partial charge in [-0.15, -0.1) is 0 Å². The molecule has 0 radical (unpaired) electrons. The van der Waals surface area contributed by atoms with Crippen molar-refractivity contribution in [2.75, 3.05) is 41.7 Å². The number of sulfonamides is 1. The van der Waals surface area contributed by atoms with E-state index in [1.807, 2.05) is 0 Å². The smallest absolute Gasteiger partial charge is 0.408 e. The standard InChI is InChI=1S/C19H24N6O4S/c1-23(2)17-14(12-20-18(21-17)25-9-5-4-6-10-25)22-30(27,28)13-7-8-16-15(11-13)24(3)19(26)29-16/h7-8,11-12,22H,4-6,9-10H2,1-3H3. The summed E-state index contributed by atoms with van der Waals surface area (Å²) in [6.07, 6.45) is 4.87. The zero-order chi connectivity index (χ0) is 21.5. The molecule has 30 heavy (non-hydrogen) atoms. The number of oxazole rings is 1. The van der Waals surface area contributed by atoms with E-state index in [0.717, 1.165) is 25.9 Å². The number of anilines is 3. The number of piperidine rings is 1. The normalized spacial score (nSPS) is 14.8. The summed E-state index contributed by atoms with van der Waals surface area (Å²) in [5, 5.41) is 0. The third-order valence-electron chi connectivity index (χ3n) is 5.14. The van der Waals surface area contributed by atoms with Crippen molar-refractivity contribution in [3.8, 4) is 0 Å². The minimum Gasteiger partial charge on any atom is -0.408 e. The molecule has 1 N–H and O–H groups in total. The first-order valence-electron chi connectivity index (χ1n) is 9.68. The van der Waals surface area contributed by atoms with Gasteiger partial charge in [0.15, 0.2) is 11.4 Å². The number of aromatic nitrogens is 3. The van der Waals surface area contributed by atoms with Crippen LogP contribution in [0, 0.1) is 0 Å². The summed E-state index contributed by atoms with van der Waals surface area (Å²) in [6, 6.07) is 4.26. The van der Waals surface area contributed by atoms with Gasteiger partial charge in [-0.3, -0.25) is 9.29 Å². The predicted octanol–water partition coefficient (Wildman–Crippen LogP) is 1.78. The molecule has 0 atom stereocenters. The van der Waals surface area contributed by atoms with Gasteiger partial charge in [-0.25, -0.2) is 18.2 Å². The Bertz CT molecular complexity index is 1240. The van der Waals surface area contributed by atoms with E-state index in [2.05, 4.69) is 19.6 Å². The van der Waals surface area contributed by atoms with Gasteiger partial charge in [0, 0.05) is 34.2 Å². The Hall–Kier alpha value is -3.08. The molecule has 0 amide bonds. The Balaban J connectivity index is 1.68. The van der Waals surface area contributed by atoms with Crippen LogP contribution in [0.15, 0.2) is 38.5 Å². The summed E-state index contributed by atoms with van der Waals surface area (Å²) in [4.78, 5) is 24.5. The van der Waals surface area contributed by atoms with Crippen molar-refractivity contribution in [2.24, 2.45) is 7.05 Å². The average molecular weight is 433 g/mol. The van der Waals surface area contributed by atoms with E-state index in [-0.39, 0.29) is 10.6 Å². The van der Waals surface area contributed by atoms with Crippen molar-refractivity contribution in [2.45, 2.75) is 24.2 Å². The zero-order valence-corrected chi connectivity index (χ0v) is 17.9. The van der Waals surface area contributed by atoms with Gasteiger partial charge in [0.05, 0.1) is 16.6 Å². The molecule has 11 heteroatoms. The van der Waals surface area contributed by atoms with E-state index >= 15 is 0 Å². The van der Waals surface area contributed by atoms with Crippen molar-refractivity contribution in [1.29, 1.82) is 0 Å². The van der Waals surface area contributed by atoms with Crippen molar-refractivity contribution < 1.29 is 12.8 Å². The van der Waals surface area contributed by atoms with Gasteiger partial charge in [0.2, 0.25) is 5.95 Å². The Labute approximate surface area is 174 Å². The molecule has 1 aliphatic heterocycles. The highest BCUT2D eigenvalue weighted by Crippen LogP contribution is 2.28. The van der Waals surface area contributed by atoms with Crippen molar-refractivity contribution in [3.63, 3.8) is 0 Å². The van der Waals surface area contributed by atoms with E-state index in [0.29, 0.717) is 22.9 Å². The minimum atomic E-state index is -3.93. The first kappa shape index (κ1) is 20.2. The van der Waals surface area contributed by atoms with Crippen LogP contribution in [0.1, 0.15) is 19.3 Å². The van der Waals surface area contributed by atoms with Gasteiger partial charge in [-0.2, -0.15) is 4.98 Å². The summed E-state index contributed by atoms with van der Waals surface area (Å²) < 4.78 is 34.9. The molecule has 0 bridgehead atoms. The Morgan fingerprint density at radius 3 is 2.60 bits per heavy atom. The third-order valence-corrected chi connectivity index (χ3v) is 6.50. The molecule has 1 fully saturated rings. The van der Waals surface area contributed by atoms with Gasteiger partial charge in [0.25, 0.3) is 10.0 Å². The largest absolute Gasteiger partial charge is 0.419 e. The van der Waals surface area contributed by atoms with Crippen LogP contribution in [0.4, 0.5) is 17.5 Å². The van der Waals surface area contributed by atoms with Crippen LogP contribution in [0.3, 0.4) is 0 Å². The highest BCUT2D eigenvalue weighted by Gasteiger charge is 2.22. The Kier molecular flexibility index (Phi) is 5.14. The van der Waals surface area contributed by atoms with Crippen LogP contribution >= 0.6 is 0 Å². The van der Waals surface area contributed by atoms with E-state index in [4.69, 9.17) is 4.42 Å². The second kappa shape index (κ2) is 7.63. The van der Waals surface area contributed by atoms with Crippen molar-refractivity contribution in [1.82, 2.24) is 14.5 Å². The van der Waals surface area contributed by atoms with Gasteiger partial charge >= 0.3 is 5.76 Å². The topological polar surface area (TPSA) is 114 Å². The predicted molar refractivity (Wildman–Crippen MR) is 115 cm³/mol. The van der Waals surface area contributed by atoms with Gasteiger partial charge in [0.1, 0.15) is 5.69 Å². The van der Waals surface area contributed by atoms with Crippen LogP contribution in [0.5, 0.6) is 0 Å². The Morgan fingerprint density at radius 1 is 1.17 bits per heavy atom. The molecule has 0 spiro atoms. The maximum atomic E-state index is 13.0. The molecular formula is C19H24N6O4S. The molecule has 0 unspecified atom stereocenters. The molecule has 160 valence electrons. The summed E-state index contributed by atoms with van der Waals surface area (Å²) >= 11 is 0. The highest BCUT2D eigenvalue weighted by atomic mass is 32.2. The van der Waals surface area contributed by atoms with Gasteiger partial charge in [-0.05, 0) is 37.5 Å². The maximum Gasteiger partial charge on any atom is 0.419 e. The first-order valence-corrected chi connectivity index (χ1v) is 11.2. The molecule has 2 aromatic heterocycles. The molecule has 1 aliphatic rings. The van der Waals surface area contributed by atoms with E-state index in [1.165, 1.54) is 42.4 Å². The molecular weight excluding hydrogens is 408 g/mol. The van der Waals surface area contributed by atoms with E-state index in [1.54, 1.807) is 19.0 Å². The fraction of sp³-hybridized carbons (Fsp3) is 0.421.